The van der Waals surface area contributed by atoms with Crippen LogP contribution in [0.3, 0.4) is 0 Å². The van der Waals surface area contributed by atoms with E-state index in [-0.39, 0.29) is 80.4 Å². The zero-order valence-electron chi connectivity index (χ0n) is 67.0. The molecule has 0 bridgehead atoms. The summed E-state index contributed by atoms with van der Waals surface area (Å²) in [5.41, 5.74) is 39.8. The third kappa shape index (κ3) is 15.6. The second kappa shape index (κ2) is 36.2. The molecule has 0 aliphatic rings. The van der Waals surface area contributed by atoms with Crippen LogP contribution in [0.15, 0.2) is 316 Å². The van der Waals surface area contributed by atoms with Crippen molar-refractivity contribution < 1.29 is 80.4 Å². The molecule has 0 saturated carbocycles. The largest absolute Gasteiger partial charge is 0.305 e. The van der Waals surface area contributed by atoms with Crippen LogP contribution in [0.1, 0.15) is 50.1 Å². The first-order valence-corrected chi connectivity index (χ1v) is 39.1. The van der Waals surface area contributed by atoms with E-state index >= 15 is 0 Å². The molecule has 15 aromatic carbocycles. The van der Waals surface area contributed by atoms with Crippen LogP contribution in [0.2, 0.25) is 0 Å². The first kappa shape index (κ1) is 84.2. The normalized spacial score (nSPS) is 10.9. The van der Waals surface area contributed by atoms with Crippen LogP contribution in [-0.4, -0.2) is 19.9 Å². The Bertz CT molecular complexity index is 7190. The van der Waals surface area contributed by atoms with Crippen molar-refractivity contribution in [3.63, 3.8) is 0 Å². The molecule has 0 unspecified atom stereocenters. The summed E-state index contributed by atoms with van der Waals surface area (Å²) in [4.78, 5) is 22.4. The molecule has 0 N–H and O–H groups in total. The molecule has 10 heteroatoms. The minimum atomic E-state index is 0. The van der Waals surface area contributed by atoms with Crippen LogP contribution in [0, 0.1) is 97.6 Å². The Kier molecular flexibility index (Phi) is 25.4. The van der Waals surface area contributed by atoms with Crippen LogP contribution < -0.4 is 0 Å². The molecule has 0 spiro atoms. The van der Waals surface area contributed by atoms with Crippen LogP contribution in [0.25, 0.3) is 193 Å². The summed E-state index contributed by atoms with van der Waals surface area (Å²) in [7, 11) is 0. The van der Waals surface area contributed by atoms with Gasteiger partial charge in [0, 0.05) is 105 Å². The number of nitriles is 1. The Labute approximate surface area is 755 Å². The van der Waals surface area contributed by atoms with Crippen LogP contribution in [0.4, 0.5) is 5.69 Å². The van der Waals surface area contributed by atoms with E-state index in [2.05, 4.69) is 318 Å². The zero-order valence-corrected chi connectivity index (χ0v) is 76.6. The second-order valence-corrected chi connectivity index (χ2v) is 30.0. The van der Waals surface area contributed by atoms with Crippen molar-refractivity contribution in [3.05, 3.63) is 402 Å². The van der Waals surface area contributed by atoms with E-state index in [0.717, 1.165) is 116 Å². The monoisotopic (exact) mass is 2250 g/mol. The summed E-state index contributed by atoms with van der Waals surface area (Å²) in [6, 6.07) is 118. The zero-order chi connectivity index (χ0) is 79.2. The van der Waals surface area contributed by atoms with Gasteiger partial charge in [-0.15, -0.1) is 112 Å². The molecule has 19 aromatic rings. The molecule has 0 fully saturated rings. The molecule has 0 atom stereocenters. The van der Waals surface area contributed by atoms with E-state index in [0.29, 0.717) is 11.3 Å². The Morgan fingerprint density at radius 3 is 1.18 bits per heavy atom. The molecule has 0 aliphatic carbocycles. The van der Waals surface area contributed by atoms with Gasteiger partial charge in [0.1, 0.15) is 0 Å². The van der Waals surface area contributed by atoms with Gasteiger partial charge < -0.3 is 19.9 Å². The number of rotatable bonds is 12. The van der Waals surface area contributed by atoms with Crippen molar-refractivity contribution in [2.24, 2.45) is 0 Å². The molecule has 586 valence electrons. The van der Waals surface area contributed by atoms with E-state index in [1.54, 1.807) is 6.20 Å². The molecule has 0 aliphatic heterocycles. The number of pyridine rings is 4. The summed E-state index contributed by atoms with van der Waals surface area (Å²) in [5.74, 6) is 0. The summed E-state index contributed by atoms with van der Waals surface area (Å²) >= 11 is 0. The fraction of sp³-hybridized carbons (Fsp3) is 0.0727. The molecule has 120 heavy (non-hydrogen) atoms. The Balaban J connectivity index is 0.000000192. The van der Waals surface area contributed by atoms with Gasteiger partial charge in [-0.3, -0.25) is 0 Å². The molecule has 0 saturated heterocycles. The van der Waals surface area contributed by atoms with Gasteiger partial charge in [0.15, 0.2) is 5.69 Å². The quantitative estimate of drug-likeness (QED) is 0.0899. The van der Waals surface area contributed by atoms with E-state index in [1.807, 2.05) is 97.5 Å². The van der Waals surface area contributed by atoms with Crippen LogP contribution in [-0.2, 0) is 80.4 Å². The summed E-state index contributed by atoms with van der Waals surface area (Å²) in [6.45, 7) is 25.6. The SMILES string of the molecule is Cc1c(C)c(-c2ccccc2-c2c[c-]c3c(c2)c2ccccc2c2cccnc32)c(C)c(C)c1-c1ccccc1-c1c[c-]c2c(ccc3cccnc32)c1.[C-]#[N+]c1cccc(-c2ccnc(-c3[c-]cc(-c4ccccc4-c4c(C)c(C)c(-c5ccccc5-c5c[c-]c(-c6cc(-c7ccccc7C#N)ccn6)cc5)c(C)c4C)cc3)c2)c1.[Ir].[Ir].[Ir].[Ir]. The van der Waals surface area contributed by atoms with Gasteiger partial charge in [-0.1, -0.05) is 249 Å². The number of benzene rings is 15. The molecule has 4 heterocycles. The van der Waals surface area contributed by atoms with Gasteiger partial charge in [-0.2, -0.15) is 5.26 Å². The predicted molar refractivity (Wildman–Crippen MR) is 481 cm³/mol. The third-order valence-electron chi connectivity index (χ3n) is 23.6. The maximum absolute atomic E-state index is 9.69. The Morgan fingerprint density at radius 2 is 0.683 bits per heavy atom. The minimum Gasteiger partial charge on any atom is -0.305 e. The summed E-state index contributed by atoms with van der Waals surface area (Å²) in [5, 5.41) is 18.9. The molecule has 19 rings (SSSR count). The maximum Gasteiger partial charge on any atom is 0.187 e. The standard InChI is InChI=1S/C58H40N4.C52H36N2.4Ir/c1-37-39(3)58(54-20-11-9-18-52(54)42-23-27-44(28-24-42)56-35-47(30-32-62-56)50-16-7-6-13-48(50)36-59)40(4)38(2)57(37)53-19-10-8-17-51(53)41-21-25-43(26-22-41)55-34-46(29-31-61-55)45-14-12-15-49(33-45)60-5;1-31-33(3)50(45-19-10-6-15-40(45)38-24-26-47-48(30-38)43-17-8-7-16-42(43)46-20-12-28-54-52(46)47)34(4)32(2)49(31)44-18-9-5-14-39(44)36-23-25-41-37(29-36)22-21-35-13-11-27-53-51(35)41;;;;/h6-25,27,29-35H,1-4H3;5-24,27-30H,1-4H3;;;;/q2*-2;;;;. The molecular weight excluding hydrogens is 2170 g/mol. The van der Waals surface area contributed by atoms with Gasteiger partial charge in [0.2, 0.25) is 0 Å². The predicted octanol–water partition coefficient (Wildman–Crippen LogP) is 28.8. The fourth-order valence-corrected chi connectivity index (χ4v) is 17.4. The van der Waals surface area contributed by atoms with E-state index < -0.39 is 0 Å². The van der Waals surface area contributed by atoms with Gasteiger partial charge in [0.05, 0.1) is 18.2 Å². The maximum atomic E-state index is 9.69. The van der Waals surface area contributed by atoms with Crippen LogP contribution >= 0.6 is 0 Å². The van der Waals surface area contributed by atoms with Crippen LogP contribution in [0.5, 0.6) is 0 Å². The van der Waals surface area contributed by atoms with Crippen molar-refractivity contribution >= 4 is 59.8 Å². The smallest absolute Gasteiger partial charge is 0.187 e. The molecule has 6 nitrogen and oxygen atoms in total. The molecular formula is C110H76Ir4N6-4. The van der Waals surface area contributed by atoms with Gasteiger partial charge in [-0.25, -0.2) is 4.85 Å². The number of hydrogen-bond acceptors (Lipinski definition) is 5. The van der Waals surface area contributed by atoms with Crippen molar-refractivity contribution in [3.8, 4) is 140 Å². The second-order valence-electron chi connectivity index (χ2n) is 30.0. The van der Waals surface area contributed by atoms with E-state index in [4.69, 9.17) is 11.6 Å². The Hall–Kier alpha value is -12.2. The fourth-order valence-electron chi connectivity index (χ4n) is 17.4. The summed E-state index contributed by atoms with van der Waals surface area (Å²) in [6.07, 6.45) is 7.35. The Morgan fingerprint density at radius 1 is 0.283 bits per heavy atom. The average Bonchev–Trinajstić information content (AvgIpc) is 0.743. The van der Waals surface area contributed by atoms with Gasteiger partial charge >= 0.3 is 0 Å². The number of hydrogen-bond donors (Lipinski definition) is 0. The van der Waals surface area contributed by atoms with Crippen molar-refractivity contribution in [2.75, 3.05) is 0 Å². The van der Waals surface area contributed by atoms with Gasteiger partial charge in [0.25, 0.3) is 0 Å². The number of fused-ring (bicyclic) bond motifs is 9. The number of aromatic nitrogens is 4. The molecule has 4 aromatic heterocycles. The average molecular weight is 2250 g/mol. The molecule has 4 radical (unpaired) electrons. The first-order valence-electron chi connectivity index (χ1n) is 39.1. The first-order chi connectivity index (χ1) is 56.8. The van der Waals surface area contributed by atoms with E-state index in [9.17, 15) is 5.26 Å². The van der Waals surface area contributed by atoms with Crippen molar-refractivity contribution in [1.29, 1.82) is 5.26 Å². The van der Waals surface area contributed by atoms with Crippen molar-refractivity contribution in [2.45, 2.75) is 55.4 Å². The molecule has 0 amide bonds. The summed E-state index contributed by atoms with van der Waals surface area (Å²) < 4.78 is 0. The van der Waals surface area contributed by atoms with Crippen molar-refractivity contribution in [1.82, 2.24) is 19.9 Å². The third-order valence-corrected chi connectivity index (χ3v) is 23.6. The minimum absolute atomic E-state index is 0. The number of nitrogens with zero attached hydrogens (tertiary/aromatic N) is 6. The van der Waals surface area contributed by atoms with E-state index in [1.165, 1.54) is 116 Å². The topological polar surface area (TPSA) is 79.7 Å². The van der Waals surface area contributed by atoms with Gasteiger partial charge in [-0.05, 0) is 242 Å².